The Balaban J connectivity index is 2.47. The SMILES string of the molecule is Oc1ccc2c(OC(F)F)n[nH]c2c1. The third-order valence-electron chi connectivity index (χ3n) is 1.71. The number of fused-ring (bicyclic) bond motifs is 1. The van der Waals surface area contributed by atoms with Gasteiger partial charge in [-0.15, -0.1) is 5.10 Å². The van der Waals surface area contributed by atoms with E-state index in [-0.39, 0.29) is 11.6 Å². The summed E-state index contributed by atoms with van der Waals surface area (Å²) in [5.74, 6) is -0.139. The van der Waals surface area contributed by atoms with Gasteiger partial charge in [-0.2, -0.15) is 8.78 Å². The molecule has 1 aromatic carbocycles. The van der Waals surface area contributed by atoms with E-state index in [2.05, 4.69) is 14.9 Å². The first-order valence-corrected chi connectivity index (χ1v) is 3.79. The Kier molecular flexibility index (Phi) is 1.95. The molecule has 0 saturated carbocycles. The van der Waals surface area contributed by atoms with Gasteiger partial charge in [-0.25, -0.2) is 0 Å². The Bertz CT molecular complexity index is 456. The molecule has 0 amide bonds. The first-order chi connectivity index (χ1) is 6.66. The lowest BCUT2D eigenvalue weighted by Gasteiger charge is -1.99. The van der Waals surface area contributed by atoms with Crippen molar-refractivity contribution in [2.75, 3.05) is 0 Å². The molecule has 0 spiro atoms. The van der Waals surface area contributed by atoms with Gasteiger partial charge in [0, 0.05) is 6.07 Å². The fraction of sp³-hybridized carbons (Fsp3) is 0.125. The number of nitrogens with one attached hydrogen (secondary N) is 1. The van der Waals surface area contributed by atoms with Crippen LogP contribution < -0.4 is 4.74 Å². The number of alkyl halides is 2. The second kappa shape index (κ2) is 3.13. The van der Waals surface area contributed by atoms with Crippen molar-refractivity contribution in [1.29, 1.82) is 0 Å². The van der Waals surface area contributed by atoms with Crippen molar-refractivity contribution in [3.8, 4) is 11.6 Å². The van der Waals surface area contributed by atoms with E-state index < -0.39 is 6.61 Å². The molecule has 0 saturated heterocycles. The van der Waals surface area contributed by atoms with E-state index in [1.807, 2.05) is 0 Å². The Morgan fingerprint density at radius 3 is 2.93 bits per heavy atom. The summed E-state index contributed by atoms with van der Waals surface area (Å²) in [4.78, 5) is 0. The summed E-state index contributed by atoms with van der Waals surface area (Å²) in [5, 5.41) is 15.5. The van der Waals surface area contributed by atoms with Crippen LogP contribution in [0.1, 0.15) is 0 Å². The van der Waals surface area contributed by atoms with Crippen molar-refractivity contribution < 1.29 is 18.6 Å². The zero-order valence-corrected chi connectivity index (χ0v) is 6.87. The summed E-state index contributed by atoms with van der Waals surface area (Å²) >= 11 is 0. The lowest BCUT2D eigenvalue weighted by molar-refractivity contribution is -0.0518. The summed E-state index contributed by atoms with van der Waals surface area (Å²) in [6.07, 6.45) is 0. The van der Waals surface area contributed by atoms with Crippen molar-refractivity contribution in [2.24, 2.45) is 0 Å². The molecule has 0 aliphatic rings. The molecule has 2 N–H and O–H groups in total. The minimum Gasteiger partial charge on any atom is -0.508 e. The number of nitrogens with zero attached hydrogens (tertiary/aromatic N) is 1. The first-order valence-electron chi connectivity index (χ1n) is 3.79. The molecule has 0 unspecified atom stereocenters. The minimum atomic E-state index is -2.91. The van der Waals surface area contributed by atoms with Crippen molar-refractivity contribution in [3.05, 3.63) is 18.2 Å². The Labute approximate surface area is 77.1 Å². The third-order valence-corrected chi connectivity index (χ3v) is 1.71. The molecular weight excluding hydrogens is 194 g/mol. The van der Waals surface area contributed by atoms with Gasteiger partial charge in [-0.05, 0) is 12.1 Å². The van der Waals surface area contributed by atoms with Crippen LogP contribution in [0.5, 0.6) is 11.6 Å². The number of aromatic nitrogens is 2. The quantitative estimate of drug-likeness (QED) is 0.777. The van der Waals surface area contributed by atoms with E-state index in [0.29, 0.717) is 10.9 Å². The molecule has 2 rings (SSSR count). The van der Waals surface area contributed by atoms with E-state index in [4.69, 9.17) is 5.11 Å². The normalized spacial score (nSPS) is 11.1. The molecule has 0 aliphatic heterocycles. The van der Waals surface area contributed by atoms with Crippen LogP contribution in [0, 0.1) is 0 Å². The molecule has 4 nitrogen and oxygen atoms in total. The number of phenols is 1. The van der Waals surface area contributed by atoms with Gasteiger partial charge in [-0.1, -0.05) is 0 Å². The van der Waals surface area contributed by atoms with Gasteiger partial charge in [0.25, 0.3) is 0 Å². The molecule has 2 aromatic rings. The average Bonchev–Trinajstić information content (AvgIpc) is 2.47. The maximum Gasteiger partial charge on any atom is 0.388 e. The van der Waals surface area contributed by atoms with Crippen molar-refractivity contribution in [3.63, 3.8) is 0 Å². The molecule has 14 heavy (non-hydrogen) atoms. The molecule has 1 heterocycles. The van der Waals surface area contributed by atoms with Gasteiger partial charge in [0.1, 0.15) is 5.75 Å². The summed E-state index contributed by atoms with van der Waals surface area (Å²) in [6, 6.07) is 4.20. The van der Waals surface area contributed by atoms with Crippen molar-refractivity contribution in [1.82, 2.24) is 10.2 Å². The van der Waals surface area contributed by atoms with Crippen LogP contribution in [0.4, 0.5) is 8.78 Å². The second-order valence-electron chi connectivity index (χ2n) is 2.64. The van der Waals surface area contributed by atoms with Gasteiger partial charge in [-0.3, -0.25) is 5.10 Å². The van der Waals surface area contributed by atoms with Crippen LogP contribution >= 0.6 is 0 Å². The monoisotopic (exact) mass is 200 g/mol. The number of halogens is 2. The average molecular weight is 200 g/mol. The summed E-state index contributed by atoms with van der Waals surface area (Å²) in [7, 11) is 0. The number of ether oxygens (including phenoxy) is 1. The zero-order chi connectivity index (χ0) is 10.1. The number of benzene rings is 1. The number of hydrogen-bond donors (Lipinski definition) is 2. The first kappa shape index (κ1) is 8.74. The predicted octanol–water partition coefficient (Wildman–Crippen LogP) is 1.87. The number of aromatic hydroxyl groups is 1. The molecule has 0 radical (unpaired) electrons. The smallest absolute Gasteiger partial charge is 0.388 e. The van der Waals surface area contributed by atoms with Crippen LogP contribution in [0.15, 0.2) is 18.2 Å². The third kappa shape index (κ3) is 1.46. The molecule has 1 aromatic heterocycles. The van der Waals surface area contributed by atoms with Gasteiger partial charge in [0.05, 0.1) is 10.9 Å². The molecular formula is C8H6F2N2O2. The van der Waals surface area contributed by atoms with Crippen LogP contribution in [0.3, 0.4) is 0 Å². The topological polar surface area (TPSA) is 58.1 Å². The molecule has 6 heteroatoms. The highest BCUT2D eigenvalue weighted by molar-refractivity contribution is 5.84. The predicted molar refractivity (Wildman–Crippen MR) is 44.4 cm³/mol. The Morgan fingerprint density at radius 1 is 1.43 bits per heavy atom. The number of H-pyrrole nitrogens is 1. The highest BCUT2D eigenvalue weighted by Crippen LogP contribution is 2.26. The Hall–Kier alpha value is -1.85. The molecule has 0 atom stereocenters. The van der Waals surface area contributed by atoms with Gasteiger partial charge in [0.15, 0.2) is 0 Å². The fourth-order valence-corrected chi connectivity index (χ4v) is 1.16. The number of hydrogen-bond acceptors (Lipinski definition) is 3. The number of phenolic OH excluding ortho intramolecular Hbond substituents is 1. The van der Waals surface area contributed by atoms with Crippen LogP contribution in [0.2, 0.25) is 0 Å². The highest BCUT2D eigenvalue weighted by atomic mass is 19.3. The maximum absolute atomic E-state index is 11.9. The van der Waals surface area contributed by atoms with E-state index >= 15 is 0 Å². The van der Waals surface area contributed by atoms with Crippen LogP contribution in [-0.4, -0.2) is 21.9 Å². The molecule has 74 valence electrons. The van der Waals surface area contributed by atoms with Crippen molar-refractivity contribution >= 4 is 10.9 Å². The summed E-state index contributed by atoms with van der Waals surface area (Å²) in [5.41, 5.74) is 0.445. The van der Waals surface area contributed by atoms with E-state index in [1.165, 1.54) is 18.2 Å². The number of rotatable bonds is 2. The van der Waals surface area contributed by atoms with Gasteiger partial charge in [0.2, 0.25) is 5.88 Å². The minimum absolute atomic E-state index is 0.0322. The van der Waals surface area contributed by atoms with Gasteiger partial charge < -0.3 is 9.84 Å². The largest absolute Gasteiger partial charge is 0.508 e. The van der Waals surface area contributed by atoms with E-state index in [1.54, 1.807) is 0 Å². The molecule has 0 aliphatic carbocycles. The van der Waals surface area contributed by atoms with Crippen molar-refractivity contribution in [2.45, 2.75) is 6.61 Å². The number of aromatic amines is 1. The van der Waals surface area contributed by atoms with Crippen LogP contribution in [0.25, 0.3) is 10.9 Å². The summed E-state index contributed by atoms with van der Waals surface area (Å²) in [6.45, 7) is -2.91. The molecule has 0 fully saturated rings. The summed E-state index contributed by atoms with van der Waals surface area (Å²) < 4.78 is 27.9. The molecule has 0 bridgehead atoms. The zero-order valence-electron chi connectivity index (χ0n) is 6.87. The standard InChI is InChI=1S/C8H6F2N2O2/c9-8(10)14-7-5-2-1-4(13)3-6(5)11-12-7/h1-3,8,13H,(H,11,12). The Morgan fingerprint density at radius 2 is 2.21 bits per heavy atom. The van der Waals surface area contributed by atoms with E-state index in [9.17, 15) is 8.78 Å². The lowest BCUT2D eigenvalue weighted by atomic mass is 10.2. The van der Waals surface area contributed by atoms with Gasteiger partial charge >= 0.3 is 6.61 Å². The van der Waals surface area contributed by atoms with Crippen LogP contribution in [-0.2, 0) is 0 Å². The maximum atomic E-state index is 11.9. The lowest BCUT2D eigenvalue weighted by Crippen LogP contribution is -2.02. The fourth-order valence-electron chi connectivity index (χ4n) is 1.16. The second-order valence-corrected chi connectivity index (χ2v) is 2.64. The van der Waals surface area contributed by atoms with E-state index in [0.717, 1.165) is 0 Å². The highest BCUT2D eigenvalue weighted by Gasteiger charge is 2.11.